The van der Waals surface area contributed by atoms with E-state index in [1.54, 1.807) is 0 Å². The van der Waals surface area contributed by atoms with Crippen molar-refractivity contribution in [3.05, 3.63) is 0 Å². The van der Waals surface area contributed by atoms with E-state index in [9.17, 15) is 9.90 Å². The number of nitrogens with one attached hydrogen (secondary N) is 1. The van der Waals surface area contributed by atoms with Gasteiger partial charge in [0.05, 0.1) is 6.10 Å². The van der Waals surface area contributed by atoms with E-state index in [1.807, 2.05) is 0 Å². The molecule has 2 fully saturated rings. The highest BCUT2D eigenvalue weighted by Crippen LogP contribution is 2.34. The molecule has 2 N–H and O–H groups in total. The van der Waals surface area contributed by atoms with Gasteiger partial charge in [-0.2, -0.15) is 0 Å². The first kappa shape index (κ1) is 9.93. The summed E-state index contributed by atoms with van der Waals surface area (Å²) in [6, 6.07) is 0. The predicted molar refractivity (Wildman–Crippen MR) is 51.2 cm³/mol. The molecule has 1 saturated heterocycles. The van der Waals surface area contributed by atoms with Gasteiger partial charge in [-0.1, -0.05) is 0 Å². The summed E-state index contributed by atoms with van der Waals surface area (Å²) in [5.74, 6) is -0.784. The van der Waals surface area contributed by atoms with Crippen LogP contribution in [0.5, 0.6) is 0 Å². The van der Waals surface area contributed by atoms with Gasteiger partial charge in [-0.15, -0.1) is 0 Å². The highest BCUT2D eigenvalue weighted by molar-refractivity contribution is 5.77. The van der Waals surface area contributed by atoms with Crippen molar-refractivity contribution in [3.63, 3.8) is 0 Å². The Morgan fingerprint density at radius 1 is 1.36 bits per heavy atom. The van der Waals surface area contributed by atoms with Crippen LogP contribution in [0, 0.1) is 0 Å². The van der Waals surface area contributed by atoms with Crippen molar-refractivity contribution in [1.29, 1.82) is 0 Å². The number of ether oxygens (including phenoxy) is 1. The van der Waals surface area contributed by atoms with Gasteiger partial charge < -0.3 is 15.2 Å². The van der Waals surface area contributed by atoms with Crippen LogP contribution in [0.15, 0.2) is 0 Å². The number of hydrogen-bond acceptors (Lipinski definition) is 3. The molecule has 0 radical (unpaired) electrons. The quantitative estimate of drug-likeness (QED) is 0.704. The minimum Gasteiger partial charge on any atom is -0.479 e. The molecule has 2 rings (SSSR count). The molecule has 1 atom stereocenters. The van der Waals surface area contributed by atoms with Gasteiger partial charge in [0.25, 0.3) is 0 Å². The highest BCUT2D eigenvalue weighted by atomic mass is 16.5. The molecule has 0 aromatic carbocycles. The smallest absolute Gasteiger partial charge is 0.336 e. The van der Waals surface area contributed by atoms with E-state index < -0.39 is 11.6 Å². The topological polar surface area (TPSA) is 58.6 Å². The van der Waals surface area contributed by atoms with Gasteiger partial charge in [-0.3, -0.25) is 0 Å². The Hall–Kier alpha value is -0.610. The van der Waals surface area contributed by atoms with Crippen molar-refractivity contribution >= 4 is 5.97 Å². The largest absolute Gasteiger partial charge is 0.479 e. The highest BCUT2D eigenvalue weighted by Gasteiger charge is 2.44. The molecule has 1 aliphatic carbocycles. The number of carboxylic acids is 1. The molecule has 14 heavy (non-hydrogen) atoms. The van der Waals surface area contributed by atoms with Crippen LogP contribution in [-0.4, -0.2) is 35.9 Å². The molecule has 80 valence electrons. The lowest BCUT2D eigenvalue weighted by molar-refractivity contribution is -0.169. The number of hydrogen-bond donors (Lipinski definition) is 2. The fraction of sp³-hybridized carbons (Fsp3) is 0.900. The average molecular weight is 199 g/mol. The fourth-order valence-corrected chi connectivity index (χ4v) is 1.93. The van der Waals surface area contributed by atoms with Gasteiger partial charge in [0.2, 0.25) is 0 Å². The van der Waals surface area contributed by atoms with E-state index in [-0.39, 0.29) is 6.10 Å². The predicted octanol–water partition coefficient (Wildman–Crippen LogP) is 0.762. The molecular weight excluding hydrogens is 182 g/mol. The summed E-state index contributed by atoms with van der Waals surface area (Å²) >= 11 is 0. The van der Waals surface area contributed by atoms with Crippen LogP contribution in [-0.2, 0) is 9.53 Å². The maximum Gasteiger partial charge on any atom is 0.336 e. The van der Waals surface area contributed by atoms with E-state index in [4.69, 9.17) is 4.74 Å². The molecule has 1 aliphatic heterocycles. The van der Waals surface area contributed by atoms with Crippen LogP contribution in [0.3, 0.4) is 0 Å². The summed E-state index contributed by atoms with van der Waals surface area (Å²) in [6.45, 7) is 1.65. The zero-order chi connectivity index (χ0) is 10.0. The fourth-order valence-electron chi connectivity index (χ4n) is 1.93. The lowest BCUT2D eigenvalue weighted by Crippen LogP contribution is -2.43. The number of carbonyl (C=O) groups is 1. The van der Waals surface area contributed by atoms with Crippen LogP contribution in [0.2, 0.25) is 0 Å². The summed E-state index contributed by atoms with van der Waals surface area (Å²) in [5.41, 5.74) is -0.898. The molecule has 0 aromatic heterocycles. The minimum absolute atomic E-state index is 0.212. The molecule has 4 heteroatoms. The lowest BCUT2D eigenvalue weighted by atomic mass is 9.94. The molecule has 1 unspecified atom stereocenters. The first-order valence-corrected chi connectivity index (χ1v) is 5.35. The van der Waals surface area contributed by atoms with Crippen molar-refractivity contribution in [2.45, 2.75) is 43.8 Å². The van der Waals surface area contributed by atoms with E-state index in [1.165, 1.54) is 0 Å². The molecule has 1 saturated carbocycles. The molecule has 4 nitrogen and oxygen atoms in total. The van der Waals surface area contributed by atoms with Crippen molar-refractivity contribution in [3.8, 4) is 0 Å². The van der Waals surface area contributed by atoms with E-state index in [0.29, 0.717) is 12.8 Å². The number of rotatable bonds is 3. The van der Waals surface area contributed by atoms with Crippen molar-refractivity contribution < 1.29 is 14.6 Å². The molecule has 2 aliphatic rings. The average Bonchev–Trinajstić information content (AvgIpc) is 2.93. The van der Waals surface area contributed by atoms with Crippen LogP contribution < -0.4 is 5.32 Å². The summed E-state index contributed by atoms with van der Waals surface area (Å²) < 4.78 is 5.69. The molecule has 0 spiro atoms. The van der Waals surface area contributed by atoms with Gasteiger partial charge >= 0.3 is 5.97 Å². The van der Waals surface area contributed by atoms with E-state index in [0.717, 1.165) is 32.4 Å². The standard InChI is InChI=1S/C10H17NO3/c12-9(13)10(14-8-2-3-8)4-1-6-11-7-5-10/h8,11H,1-7H2,(H,12,13). The third kappa shape index (κ3) is 2.07. The van der Waals surface area contributed by atoms with Gasteiger partial charge in [-0.25, -0.2) is 4.79 Å². The van der Waals surface area contributed by atoms with Crippen molar-refractivity contribution in [2.24, 2.45) is 0 Å². The Bertz CT molecular complexity index is 217. The van der Waals surface area contributed by atoms with E-state index >= 15 is 0 Å². The second-order valence-corrected chi connectivity index (χ2v) is 4.22. The maximum atomic E-state index is 11.2. The maximum absolute atomic E-state index is 11.2. The van der Waals surface area contributed by atoms with Crippen LogP contribution >= 0.6 is 0 Å². The Morgan fingerprint density at radius 2 is 2.14 bits per heavy atom. The van der Waals surface area contributed by atoms with Gasteiger partial charge in [0.15, 0.2) is 5.60 Å². The summed E-state index contributed by atoms with van der Waals surface area (Å²) in [7, 11) is 0. The molecule has 0 aromatic rings. The molecular formula is C10H17NO3. The zero-order valence-electron chi connectivity index (χ0n) is 8.29. The van der Waals surface area contributed by atoms with Crippen LogP contribution in [0.1, 0.15) is 32.1 Å². The SMILES string of the molecule is O=C(O)C1(OC2CC2)CCCNCC1. The van der Waals surface area contributed by atoms with Crippen molar-refractivity contribution in [2.75, 3.05) is 13.1 Å². The monoisotopic (exact) mass is 199 g/mol. The minimum atomic E-state index is -0.898. The third-order valence-corrected chi connectivity index (χ3v) is 2.95. The summed E-state index contributed by atoms with van der Waals surface area (Å²) in [4.78, 5) is 11.2. The zero-order valence-corrected chi connectivity index (χ0v) is 8.29. The Kier molecular flexibility index (Phi) is 2.74. The first-order chi connectivity index (χ1) is 6.73. The number of aliphatic carboxylic acids is 1. The van der Waals surface area contributed by atoms with Crippen LogP contribution in [0.25, 0.3) is 0 Å². The van der Waals surface area contributed by atoms with Crippen LogP contribution in [0.4, 0.5) is 0 Å². The molecule has 0 bridgehead atoms. The first-order valence-electron chi connectivity index (χ1n) is 5.35. The van der Waals surface area contributed by atoms with Gasteiger partial charge in [0.1, 0.15) is 0 Å². The summed E-state index contributed by atoms with van der Waals surface area (Å²) in [5, 5.41) is 12.4. The normalized spacial score (nSPS) is 33.7. The molecule has 1 heterocycles. The van der Waals surface area contributed by atoms with Gasteiger partial charge in [-0.05, 0) is 45.2 Å². The third-order valence-electron chi connectivity index (χ3n) is 2.95. The molecule has 0 amide bonds. The Balaban J connectivity index is 2.04. The lowest BCUT2D eigenvalue weighted by Gasteiger charge is -2.28. The van der Waals surface area contributed by atoms with E-state index in [2.05, 4.69) is 5.32 Å². The second kappa shape index (κ2) is 3.87. The Morgan fingerprint density at radius 3 is 2.79 bits per heavy atom. The number of carboxylic acid groups (broad SMARTS) is 1. The second-order valence-electron chi connectivity index (χ2n) is 4.22. The van der Waals surface area contributed by atoms with Gasteiger partial charge in [0, 0.05) is 0 Å². The summed E-state index contributed by atoms with van der Waals surface area (Å²) in [6.07, 6.45) is 4.40. The van der Waals surface area contributed by atoms with Crippen molar-refractivity contribution in [1.82, 2.24) is 5.32 Å². The Labute approximate surface area is 83.6 Å².